The summed E-state index contributed by atoms with van der Waals surface area (Å²) in [6, 6.07) is -0.974. The molecule has 1 atom stereocenters. The Morgan fingerprint density at radius 1 is 1.53 bits per heavy atom. The molecule has 102 valence electrons. The van der Waals surface area contributed by atoms with Crippen LogP contribution in [0, 0.1) is 11.8 Å². The fraction of sp³-hybridized carbons (Fsp3) is 0.333. The van der Waals surface area contributed by atoms with Gasteiger partial charge in [0, 0.05) is 18.4 Å². The van der Waals surface area contributed by atoms with E-state index in [1.54, 1.807) is 6.08 Å². The van der Waals surface area contributed by atoms with Crippen LogP contribution in [0.2, 0.25) is 0 Å². The molecule has 2 N–H and O–H groups in total. The predicted octanol–water partition coefficient (Wildman–Crippen LogP) is 2.05. The molecule has 0 fully saturated rings. The van der Waals surface area contributed by atoms with Gasteiger partial charge in [0.15, 0.2) is 0 Å². The zero-order valence-corrected chi connectivity index (χ0v) is 11.1. The minimum Gasteiger partial charge on any atom is -0.480 e. The smallest absolute Gasteiger partial charge is 0.326 e. The van der Waals surface area contributed by atoms with E-state index in [9.17, 15) is 9.59 Å². The first-order valence-corrected chi connectivity index (χ1v) is 5.98. The summed E-state index contributed by atoms with van der Waals surface area (Å²) >= 11 is 0. The van der Waals surface area contributed by atoms with Crippen molar-refractivity contribution in [3.63, 3.8) is 0 Å². The van der Waals surface area contributed by atoms with Crippen LogP contribution in [-0.4, -0.2) is 23.5 Å². The highest BCUT2D eigenvalue weighted by Crippen LogP contribution is 2.10. The standard InChI is InChI=1S/C15H19NO3/c1-4-6-7-8-12(3)9-13(5-2)10-14(15(18)19)16-11-17/h5,9,11,14H,2-4,6,10H2,1H3,(H,16,17)(H,18,19)/b13-9+. The quantitative estimate of drug-likeness (QED) is 0.399. The number of hydrogen-bond acceptors (Lipinski definition) is 2. The summed E-state index contributed by atoms with van der Waals surface area (Å²) in [5.41, 5.74) is 1.26. The van der Waals surface area contributed by atoms with E-state index in [2.05, 4.69) is 30.3 Å². The summed E-state index contributed by atoms with van der Waals surface area (Å²) in [6.45, 7) is 9.43. The second-order valence-corrected chi connectivity index (χ2v) is 3.88. The van der Waals surface area contributed by atoms with Gasteiger partial charge in [-0.3, -0.25) is 4.79 Å². The molecule has 0 aliphatic rings. The Labute approximate surface area is 113 Å². The van der Waals surface area contributed by atoms with Crippen molar-refractivity contribution >= 4 is 12.4 Å². The molecule has 1 amide bonds. The fourth-order valence-electron chi connectivity index (χ4n) is 1.30. The van der Waals surface area contributed by atoms with E-state index in [1.165, 1.54) is 6.08 Å². The number of unbranched alkanes of at least 4 members (excludes halogenated alkanes) is 1. The Hall–Kier alpha value is -2.28. The Kier molecular flexibility index (Phi) is 8.55. The fourth-order valence-corrected chi connectivity index (χ4v) is 1.30. The van der Waals surface area contributed by atoms with Crippen LogP contribution in [-0.2, 0) is 9.59 Å². The molecule has 0 aliphatic heterocycles. The average molecular weight is 261 g/mol. The molecule has 0 heterocycles. The maximum absolute atomic E-state index is 10.9. The normalized spacial score (nSPS) is 11.7. The Morgan fingerprint density at radius 2 is 2.21 bits per heavy atom. The molecule has 19 heavy (non-hydrogen) atoms. The van der Waals surface area contributed by atoms with Crippen LogP contribution < -0.4 is 5.32 Å². The number of nitrogens with one attached hydrogen (secondary N) is 1. The maximum Gasteiger partial charge on any atom is 0.326 e. The molecule has 0 aromatic carbocycles. The molecule has 0 aromatic rings. The molecule has 0 radical (unpaired) electrons. The molecule has 0 saturated carbocycles. The number of rotatable bonds is 8. The number of aliphatic carboxylic acids is 1. The lowest BCUT2D eigenvalue weighted by molar-refractivity contribution is -0.140. The van der Waals surface area contributed by atoms with Crippen molar-refractivity contribution in [2.45, 2.75) is 32.2 Å². The van der Waals surface area contributed by atoms with Crippen molar-refractivity contribution in [1.29, 1.82) is 0 Å². The van der Waals surface area contributed by atoms with Gasteiger partial charge in [0.1, 0.15) is 6.04 Å². The van der Waals surface area contributed by atoms with Gasteiger partial charge in [-0.15, -0.1) is 0 Å². The molecule has 0 bridgehead atoms. The molecular weight excluding hydrogens is 242 g/mol. The van der Waals surface area contributed by atoms with Crippen LogP contribution in [0.1, 0.15) is 26.2 Å². The van der Waals surface area contributed by atoms with Crippen molar-refractivity contribution in [2.24, 2.45) is 0 Å². The number of hydrogen-bond donors (Lipinski definition) is 2. The number of carbonyl (C=O) groups is 2. The lowest BCUT2D eigenvalue weighted by Gasteiger charge is -2.11. The van der Waals surface area contributed by atoms with Gasteiger partial charge in [0.2, 0.25) is 6.41 Å². The van der Waals surface area contributed by atoms with Gasteiger partial charge in [0.25, 0.3) is 0 Å². The summed E-state index contributed by atoms with van der Waals surface area (Å²) in [5.74, 6) is 4.73. The van der Waals surface area contributed by atoms with E-state index in [-0.39, 0.29) is 6.42 Å². The van der Waals surface area contributed by atoms with Gasteiger partial charge >= 0.3 is 5.97 Å². The maximum atomic E-state index is 10.9. The van der Waals surface area contributed by atoms with Crippen molar-refractivity contribution in [3.8, 4) is 11.8 Å². The highest BCUT2D eigenvalue weighted by Gasteiger charge is 2.16. The van der Waals surface area contributed by atoms with Gasteiger partial charge in [0.05, 0.1) is 0 Å². The predicted molar refractivity (Wildman–Crippen MR) is 75.3 cm³/mol. The van der Waals surface area contributed by atoms with Crippen LogP contribution in [0.15, 0.2) is 36.5 Å². The van der Waals surface area contributed by atoms with Crippen molar-refractivity contribution in [3.05, 3.63) is 36.5 Å². The zero-order chi connectivity index (χ0) is 14.7. The lowest BCUT2D eigenvalue weighted by Crippen LogP contribution is -2.35. The molecule has 0 saturated heterocycles. The highest BCUT2D eigenvalue weighted by molar-refractivity contribution is 5.76. The molecule has 0 aliphatic carbocycles. The van der Waals surface area contributed by atoms with Crippen LogP contribution in [0.25, 0.3) is 0 Å². The first kappa shape index (κ1) is 16.7. The number of allylic oxidation sites excluding steroid dienone is 3. The zero-order valence-electron chi connectivity index (χ0n) is 11.1. The van der Waals surface area contributed by atoms with E-state index < -0.39 is 12.0 Å². The van der Waals surface area contributed by atoms with E-state index in [0.717, 1.165) is 12.8 Å². The minimum atomic E-state index is -1.09. The highest BCUT2D eigenvalue weighted by atomic mass is 16.4. The third-order valence-corrected chi connectivity index (χ3v) is 2.25. The Morgan fingerprint density at radius 3 is 2.68 bits per heavy atom. The second kappa shape index (κ2) is 9.72. The van der Waals surface area contributed by atoms with Gasteiger partial charge in [-0.2, -0.15) is 0 Å². The van der Waals surface area contributed by atoms with Crippen LogP contribution in [0.5, 0.6) is 0 Å². The average Bonchev–Trinajstić information content (AvgIpc) is 2.37. The second-order valence-electron chi connectivity index (χ2n) is 3.88. The number of carbonyl (C=O) groups excluding carboxylic acids is 1. The largest absolute Gasteiger partial charge is 0.480 e. The number of amides is 1. The molecule has 4 heteroatoms. The van der Waals surface area contributed by atoms with Crippen molar-refractivity contribution in [1.82, 2.24) is 5.32 Å². The van der Waals surface area contributed by atoms with Crippen LogP contribution >= 0.6 is 0 Å². The van der Waals surface area contributed by atoms with Crippen LogP contribution in [0.4, 0.5) is 0 Å². The number of carboxylic acids is 1. The summed E-state index contributed by atoms with van der Waals surface area (Å²) in [7, 11) is 0. The summed E-state index contributed by atoms with van der Waals surface area (Å²) in [4.78, 5) is 21.2. The molecule has 0 rings (SSSR count). The third-order valence-electron chi connectivity index (χ3n) is 2.25. The summed E-state index contributed by atoms with van der Waals surface area (Å²) in [6.07, 6.45) is 5.50. The number of carboxylic acid groups (broad SMARTS) is 1. The topological polar surface area (TPSA) is 66.4 Å². The molecular formula is C15H19NO3. The molecule has 0 spiro atoms. The van der Waals surface area contributed by atoms with Gasteiger partial charge in [-0.05, 0) is 18.1 Å². The van der Waals surface area contributed by atoms with E-state index in [4.69, 9.17) is 5.11 Å². The van der Waals surface area contributed by atoms with E-state index in [1.807, 2.05) is 6.92 Å². The SMILES string of the molecule is C=C/C(=C\C(=C)C#CCCC)CC(NC=O)C(=O)O. The first-order valence-electron chi connectivity index (χ1n) is 5.98. The first-order chi connectivity index (χ1) is 9.04. The van der Waals surface area contributed by atoms with Crippen LogP contribution in [0.3, 0.4) is 0 Å². The van der Waals surface area contributed by atoms with E-state index >= 15 is 0 Å². The molecule has 4 nitrogen and oxygen atoms in total. The van der Waals surface area contributed by atoms with Gasteiger partial charge in [-0.25, -0.2) is 4.79 Å². The Bertz CT molecular complexity index is 438. The monoisotopic (exact) mass is 261 g/mol. The summed E-state index contributed by atoms with van der Waals surface area (Å²) in [5, 5.41) is 11.2. The van der Waals surface area contributed by atoms with Crippen molar-refractivity contribution in [2.75, 3.05) is 0 Å². The molecule has 0 aromatic heterocycles. The minimum absolute atomic E-state index is 0.145. The molecule has 1 unspecified atom stereocenters. The van der Waals surface area contributed by atoms with Gasteiger partial charge in [-0.1, -0.05) is 38.0 Å². The third kappa shape index (κ3) is 7.61. The van der Waals surface area contributed by atoms with Gasteiger partial charge < -0.3 is 10.4 Å². The Balaban J connectivity index is 4.77. The summed E-state index contributed by atoms with van der Waals surface area (Å²) < 4.78 is 0. The van der Waals surface area contributed by atoms with Crippen molar-refractivity contribution < 1.29 is 14.7 Å². The lowest BCUT2D eigenvalue weighted by atomic mass is 10.0. The van der Waals surface area contributed by atoms with E-state index in [0.29, 0.717) is 17.6 Å².